The molecule has 5 heteroatoms. The largest absolute Gasteiger partial charge is 0.298 e. The molecule has 4 nitrogen and oxygen atoms in total. The van der Waals surface area contributed by atoms with Crippen LogP contribution in [0.3, 0.4) is 0 Å². The zero-order valence-electron chi connectivity index (χ0n) is 22.3. The number of aromatic nitrogens is 3. The molecule has 0 spiro atoms. The average molecular weight is 522 g/mol. The van der Waals surface area contributed by atoms with Crippen molar-refractivity contribution in [1.82, 2.24) is 14.9 Å². The highest BCUT2D eigenvalue weighted by Crippen LogP contribution is 2.38. The normalized spacial score (nSPS) is 15.7. The molecule has 38 heavy (non-hydrogen) atoms. The van der Waals surface area contributed by atoms with Gasteiger partial charge in [-0.15, -0.1) is 0 Å². The predicted octanol–water partition coefficient (Wildman–Crippen LogP) is 6.28. The first-order valence-corrected chi connectivity index (χ1v) is 14.0. The van der Waals surface area contributed by atoms with Crippen molar-refractivity contribution in [1.29, 1.82) is 0 Å². The van der Waals surface area contributed by atoms with E-state index in [4.69, 9.17) is 16.6 Å². The van der Waals surface area contributed by atoms with E-state index in [1.807, 2.05) is 24.7 Å². The molecule has 0 saturated carbocycles. The van der Waals surface area contributed by atoms with E-state index in [1.54, 1.807) is 0 Å². The van der Waals surface area contributed by atoms with Gasteiger partial charge in [-0.1, -0.05) is 29.3 Å². The van der Waals surface area contributed by atoms with Gasteiger partial charge in [-0.25, -0.2) is 4.57 Å². The van der Waals surface area contributed by atoms with Crippen LogP contribution >= 0.6 is 11.6 Å². The molecular formula is C33H34ClN4+. The quantitative estimate of drug-likeness (QED) is 0.296. The number of benzene rings is 1. The fraction of sp³-hybridized carbons (Fsp3) is 0.303. The third-order valence-corrected chi connectivity index (χ3v) is 7.99. The van der Waals surface area contributed by atoms with Crippen LogP contribution in [0.5, 0.6) is 0 Å². The molecule has 0 amide bonds. The Kier molecular flexibility index (Phi) is 7.10. The van der Waals surface area contributed by atoms with Crippen LogP contribution in [0, 0.1) is 13.8 Å². The summed E-state index contributed by atoms with van der Waals surface area (Å²) in [6.45, 7) is 8.21. The average Bonchev–Trinajstić information content (AvgIpc) is 3.05. The first-order valence-electron chi connectivity index (χ1n) is 13.6. The van der Waals surface area contributed by atoms with Crippen molar-refractivity contribution in [3.63, 3.8) is 0 Å². The lowest BCUT2D eigenvalue weighted by Gasteiger charge is -2.30. The minimum Gasteiger partial charge on any atom is -0.298 e. The molecule has 4 aromatic rings. The highest BCUT2D eigenvalue weighted by atomic mass is 35.5. The van der Waals surface area contributed by atoms with Crippen LogP contribution in [0.25, 0.3) is 5.57 Å². The lowest BCUT2D eigenvalue weighted by molar-refractivity contribution is -0.689. The van der Waals surface area contributed by atoms with Crippen LogP contribution < -0.4 is 4.57 Å². The zero-order chi connectivity index (χ0) is 26.1. The van der Waals surface area contributed by atoms with Gasteiger partial charge < -0.3 is 0 Å². The second-order valence-electron chi connectivity index (χ2n) is 10.8. The van der Waals surface area contributed by atoms with Gasteiger partial charge in [-0.3, -0.25) is 14.9 Å². The summed E-state index contributed by atoms with van der Waals surface area (Å²) in [7, 11) is 0. The van der Waals surface area contributed by atoms with E-state index in [1.165, 1.54) is 55.8 Å². The van der Waals surface area contributed by atoms with Crippen molar-refractivity contribution in [2.24, 2.45) is 0 Å². The number of piperidine rings is 1. The number of rotatable bonds is 4. The van der Waals surface area contributed by atoms with Crippen molar-refractivity contribution in [2.75, 3.05) is 13.1 Å². The molecule has 0 radical (unpaired) electrons. The molecule has 4 heterocycles. The lowest BCUT2D eigenvalue weighted by atomic mass is 9.88. The molecule has 0 N–H and O–H groups in total. The monoisotopic (exact) mass is 521 g/mol. The maximum absolute atomic E-state index is 6.40. The summed E-state index contributed by atoms with van der Waals surface area (Å²) < 4.78 is 2.30. The molecule has 0 unspecified atom stereocenters. The Morgan fingerprint density at radius 2 is 1.68 bits per heavy atom. The number of likely N-dealkylation sites (tertiary alicyclic amines) is 1. The highest BCUT2D eigenvalue weighted by molar-refractivity contribution is 6.30. The van der Waals surface area contributed by atoms with E-state index in [2.05, 4.69) is 77.1 Å². The Morgan fingerprint density at radius 3 is 2.53 bits per heavy atom. The van der Waals surface area contributed by atoms with Crippen LogP contribution in [-0.2, 0) is 25.9 Å². The number of aryl methyl sites for hydroxylation is 4. The number of pyridine rings is 3. The summed E-state index contributed by atoms with van der Waals surface area (Å²) in [6, 6.07) is 15.2. The number of halogens is 1. The van der Waals surface area contributed by atoms with Crippen LogP contribution in [0.4, 0.5) is 0 Å². The van der Waals surface area contributed by atoms with Gasteiger partial charge in [-0.05, 0) is 92.1 Å². The van der Waals surface area contributed by atoms with Gasteiger partial charge in [0.25, 0.3) is 0 Å². The number of hydrogen-bond donors (Lipinski definition) is 0. The summed E-state index contributed by atoms with van der Waals surface area (Å²) in [5.41, 5.74) is 13.1. The fourth-order valence-electron chi connectivity index (χ4n) is 6.09. The van der Waals surface area contributed by atoms with Gasteiger partial charge in [0, 0.05) is 65.5 Å². The van der Waals surface area contributed by atoms with E-state index >= 15 is 0 Å². The molecular weight excluding hydrogens is 488 g/mol. The van der Waals surface area contributed by atoms with Crippen LogP contribution in [0.15, 0.2) is 79.0 Å². The van der Waals surface area contributed by atoms with E-state index in [-0.39, 0.29) is 0 Å². The van der Waals surface area contributed by atoms with Gasteiger partial charge in [0.1, 0.15) is 0 Å². The number of nitrogens with zero attached hydrogens (tertiary/aromatic N) is 4. The highest BCUT2D eigenvalue weighted by Gasteiger charge is 2.25. The van der Waals surface area contributed by atoms with Crippen molar-refractivity contribution < 1.29 is 4.57 Å². The Labute approximate surface area is 230 Å². The Bertz CT molecular complexity index is 1510. The van der Waals surface area contributed by atoms with E-state index < -0.39 is 0 Å². The standard InChI is InChI=1S/C33H34ClN4/c1-23-14-25(18-35-17-23)20-38-19-24(2)15-26(22-38)21-37-12-9-27(10-13-37)32-31-8-7-30(34)16-29(31)6-5-28-4-3-11-36-33(28)32/h3-4,7-8,11,14-19,22H,5-6,9-10,12-13,20-21H2,1-2H3/q+1. The Morgan fingerprint density at radius 1 is 0.868 bits per heavy atom. The minimum atomic E-state index is 0.816. The van der Waals surface area contributed by atoms with Crippen molar-refractivity contribution in [2.45, 2.75) is 52.6 Å². The molecule has 3 aromatic heterocycles. The molecule has 2 aliphatic rings. The summed E-state index contributed by atoms with van der Waals surface area (Å²) in [5, 5.41) is 0.816. The van der Waals surface area contributed by atoms with Gasteiger partial charge >= 0.3 is 0 Å². The fourth-order valence-corrected chi connectivity index (χ4v) is 6.29. The second-order valence-corrected chi connectivity index (χ2v) is 11.3. The molecule has 1 aliphatic heterocycles. The van der Waals surface area contributed by atoms with Crippen molar-refractivity contribution in [3.8, 4) is 0 Å². The smallest absolute Gasteiger partial charge is 0.175 e. The predicted molar refractivity (Wildman–Crippen MR) is 153 cm³/mol. The molecule has 6 rings (SSSR count). The topological polar surface area (TPSA) is 32.9 Å². The first-order chi connectivity index (χ1) is 18.5. The first kappa shape index (κ1) is 25.0. The Balaban J connectivity index is 1.23. The third kappa shape index (κ3) is 5.43. The maximum atomic E-state index is 6.40. The summed E-state index contributed by atoms with van der Waals surface area (Å²) in [5.74, 6) is 0. The van der Waals surface area contributed by atoms with Gasteiger partial charge in [0.05, 0.1) is 5.69 Å². The third-order valence-electron chi connectivity index (χ3n) is 7.76. The SMILES string of the molecule is Cc1cncc(C[n+]2cc(C)cc(CN3CCC(=C4c5ccc(Cl)cc5CCc5cccnc54)CC3)c2)c1. The van der Waals surface area contributed by atoms with E-state index in [0.29, 0.717) is 0 Å². The Hall–Kier alpha value is -3.34. The molecule has 1 aromatic carbocycles. The molecule has 192 valence electrons. The summed E-state index contributed by atoms with van der Waals surface area (Å²) in [4.78, 5) is 11.9. The minimum absolute atomic E-state index is 0.816. The van der Waals surface area contributed by atoms with Gasteiger partial charge in [-0.2, -0.15) is 0 Å². The molecule has 1 saturated heterocycles. The molecule has 0 atom stereocenters. The maximum Gasteiger partial charge on any atom is 0.175 e. The van der Waals surface area contributed by atoms with Crippen molar-refractivity contribution in [3.05, 3.63) is 129 Å². The van der Waals surface area contributed by atoms with E-state index in [0.717, 1.165) is 56.9 Å². The second kappa shape index (κ2) is 10.8. The van der Waals surface area contributed by atoms with Crippen LogP contribution in [-0.4, -0.2) is 28.0 Å². The summed E-state index contributed by atoms with van der Waals surface area (Å²) >= 11 is 6.40. The molecule has 1 fully saturated rings. The van der Waals surface area contributed by atoms with Crippen molar-refractivity contribution >= 4 is 17.2 Å². The number of fused-ring (bicyclic) bond motifs is 2. The van der Waals surface area contributed by atoms with E-state index in [9.17, 15) is 0 Å². The number of hydrogen-bond acceptors (Lipinski definition) is 3. The van der Waals surface area contributed by atoms with Crippen LogP contribution in [0.1, 0.15) is 57.5 Å². The van der Waals surface area contributed by atoms with Gasteiger partial charge in [0.15, 0.2) is 18.9 Å². The summed E-state index contributed by atoms with van der Waals surface area (Å²) in [6.07, 6.45) is 14.5. The van der Waals surface area contributed by atoms with Gasteiger partial charge in [0.2, 0.25) is 0 Å². The lowest BCUT2D eigenvalue weighted by Crippen LogP contribution is -2.36. The zero-order valence-corrected chi connectivity index (χ0v) is 23.0. The molecule has 1 aliphatic carbocycles. The molecule has 0 bridgehead atoms. The van der Waals surface area contributed by atoms with Crippen LogP contribution in [0.2, 0.25) is 5.02 Å².